The Morgan fingerprint density at radius 1 is 1.10 bits per heavy atom. The summed E-state index contributed by atoms with van der Waals surface area (Å²) in [5, 5.41) is 16.6. The number of carbonyl (C=O) groups excluding carboxylic acids is 1. The zero-order chi connectivity index (χ0) is 21.7. The second-order valence-corrected chi connectivity index (χ2v) is 7.44. The van der Waals surface area contributed by atoms with E-state index in [1.54, 1.807) is 18.2 Å². The smallest absolute Gasteiger partial charge is 0.384 e. The van der Waals surface area contributed by atoms with Crippen LogP contribution in [0, 0.1) is 0 Å². The van der Waals surface area contributed by atoms with Crippen molar-refractivity contribution in [2.75, 3.05) is 6.54 Å². The van der Waals surface area contributed by atoms with Gasteiger partial charge in [-0.25, -0.2) is 0 Å². The van der Waals surface area contributed by atoms with Crippen molar-refractivity contribution in [2.24, 2.45) is 0 Å². The molecule has 0 aliphatic rings. The van der Waals surface area contributed by atoms with Gasteiger partial charge in [-0.15, -0.1) is 0 Å². The Kier molecular flexibility index (Phi) is 7.43. The van der Waals surface area contributed by atoms with Gasteiger partial charge in [0, 0.05) is 24.7 Å². The molecule has 0 aromatic heterocycles. The number of nitrogens with one attached hydrogen (secondary N) is 2. The van der Waals surface area contributed by atoms with Crippen LogP contribution in [0.4, 0.5) is 13.2 Å². The van der Waals surface area contributed by atoms with Gasteiger partial charge in [0.15, 0.2) is 0 Å². The molecule has 0 heterocycles. The van der Waals surface area contributed by atoms with Crippen LogP contribution < -0.4 is 10.6 Å². The number of carbonyl (C=O) groups is 1. The third-order valence-electron chi connectivity index (χ3n) is 4.79. The molecule has 0 saturated heterocycles. The maximum atomic E-state index is 12.9. The maximum absolute atomic E-state index is 12.9. The van der Waals surface area contributed by atoms with Crippen LogP contribution in [0.1, 0.15) is 54.2 Å². The molecule has 2 atom stereocenters. The minimum atomic E-state index is -4.46. The predicted octanol–water partition coefficient (Wildman–Crippen LogP) is 4.23. The molecule has 4 nitrogen and oxygen atoms in total. The summed E-state index contributed by atoms with van der Waals surface area (Å²) in [5.74, 6) is -0.155. The summed E-state index contributed by atoms with van der Waals surface area (Å²) in [6.07, 6.45) is -3.63. The molecule has 0 fully saturated rings. The fraction of sp³-hybridized carbons (Fsp3) is 0.409. The van der Waals surface area contributed by atoms with Gasteiger partial charge in [-0.05, 0) is 55.7 Å². The number of benzene rings is 2. The topological polar surface area (TPSA) is 61.4 Å². The van der Waals surface area contributed by atoms with Crippen molar-refractivity contribution in [1.82, 2.24) is 10.6 Å². The first-order valence-electron chi connectivity index (χ1n) is 9.53. The number of rotatable bonds is 8. The first-order chi connectivity index (χ1) is 13.5. The highest BCUT2D eigenvalue weighted by Gasteiger charge is 2.32. The number of amides is 1. The monoisotopic (exact) mass is 408 g/mol. The van der Waals surface area contributed by atoms with Crippen molar-refractivity contribution in [3.8, 4) is 0 Å². The van der Waals surface area contributed by atoms with Crippen molar-refractivity contribution in [3.05, 3.63) is 70.8 Å². The van der Waals surface area contributed by atoms with Gasteiger partial charge in [-0.1, -0.05) is 31.2 Å². The molecule has 0 spiro atoms. The fourth-order valence-electron chi connectivity index (χ4n) is 2.81. The van der Waals surface area contributed by atoms with Gasteiger partial charge in [0.25, 0.3) is 5.91 Å². The van der Waals surface area contributed by atoms with Crippen molar-refractivity contribution in [3.63, 3.8) is 0 Å². The predicted molar refractivity (Wildman–Crippen MR) is 106 cm³/mol. The van der Waals surface area contributed by atoms with Crippen molar-refractivity contribution < 1.29 is 23.1 Å². The van der Waals surface area contributed by atoms with Gasteiger partial charge in [0.2, 0.25) is 0 Å². The third-order valence-corrected chi connectivity index (χ3v) is 4.79. The number of hydrogen-bond donors (Lipinski definition) is 3. The number of aliphatic hydroxyl groups is 1. The molecular weight excluding hydrogens is 381 g/mol. The molecule has 2 aromatic carbocycles. The molecule has 3 N–H and O–H groups in total. The standard InChI is InChI=1S/C22H27F3N2O2/c1-4-15(2)27-20(28)17-8-5-7-16(11-17)13-26-14-21(3,29)18-9-6-10-19(12-18)22(23,24)25/h5-12,15,26,29H,4,13-14H2,1-3H3,(H,27,28). The first-order valence-corrected chi connectivity index (χ1v) is 9.53. The van der Waals surface area contributed by atoms with E-state index in [0.29, 0.717) is 12.1 Å². The molecule has 29 heavy (non-hydrogen) atoms. The van der Waals surface area contributed by atoms with E-state index in [2.05, 4.69) is 10.6 Å². The fourth-order valence-corrected chi connectivity index (χ4v) is 2.81. The summed E-state index contributed by atoms with van der Waals surface area (Å²) in [4.78, 5) is 12.2. The van der Waals surface area contributed by atoms with Crippen LogP contribution in [0.15, 0.2) is 48.5 Å². The van der Waals surface area contributed by atoms with E-state index in [1.807, 2.05) is 19.9 Å². The van der Waals surface area contributed by atoms with E-state index >= 15 is 0 Å². The first kappa shape index (κ1) is 22.9. The van der Waals surface area contributed by atoms with Crippen LogP contribution in [0.3, 0.4) is 0 Å². The second-order valence-electron chi connectivity index (χ2n) is 7.44. The lowest BCUT2D eigenvalue weighted by atomic mass is 9.94. The second kappa shape index (κ2) is 9.41. The molecule has 158 valence electrons. The normalized spacial score (nSPS) is 14.9. The zero-order valence-corrected chi connectivity index (χ0v) is 16.8. The Balaban J connectivity index is 2.00. The Hall–Kier alpha value is -2.38. The van der Waals surface area contributed by atoms with E-state index in [0.717, 1.165) is 24.1 Å². The molecule has 0 aliphatic carbocycles. The van der Waals surface area contributed by atoms with E-state index < -0.39 is 17.3 Å². The lowest BCUT2D eigenvalue weighted by Crippen LogP contribution is -2.35. The summed E-state index contributed by atoms with van der Waals surface area (Å²) in [6, 6.07) is 11.9. The molecular formula is C22H27F3N2O2. The quantitative estimate of drug-likeness (QED) is 0.613. The lowest BCUT2D eigenvalue weighted by molar-refractivity contribution is -0.137. The molecule has 2 aromatic rings. The lowest BCUT2D eigenvalue weighted by Gasteiger charge is -2.25. The Labute approximate surface area is 169 Å². The van der Waals surface area contributed by atoms with Gasteiger partial charge in [-0.2, -0.15) is 13.2 Å². The SMILES string of the molecule is CCC(C)NC(=O)c1cccc(CNCC(C)(O)c2cccc(C(F)(F)F)c2)c1. The minimum Gasteiger partial charge on any atom is -0.384 e. The van der Waals surface area contributed by atoms with Gasteiger partial charge in [0.05, 0.1) is 11.2 Å². The highest BCUT2D eigenvalue weighted by Crippen LogP contribution is 2.32. The van der Waals surface area contributed by atoms with Gasteiger partial charge in [-0.3, -0.25) is 4.79 Å². The molecule has 2 unspecified atom stereocenters. The summed E-state index contributed by atoms with van der Waals surface area (Å²) in [5.41, 5.74) is -0.722. The molecule has 7 heteroatoms. The van der Waals surface area contributed by atoms with Crippen LogP contribution in [0.2, 0.25) is 0 Å². The third kappa shape index (κ3) is 6.58. The molecule has 0 saturated carbocycles. The van der Waals surface area contributed by atoms with Crippen LogP contribution in [0.25, 0.3) is 0 Å². The summed E-state index contributed by atoms with van der Waals surface area (Å²) in [6.45, 7) is 5.80. The summed E-state index contributed by atoms with van der Waals surface area (Å²) in [7, 11) is 0. The average molecular weight is 408 g/mol. The Bertz CT molecular complexity index is 835. The number of halogens is 3. The van der Waals surface area contributed by atoms with E-state index in [-0.39, 0.29) is 24.1 Å². The van der Waals surface area contributed by atoms with Crippen LogP contribution in [-0.2, 0) is 18.3 Å². The highest BCUT2D eigenvalue weighted by atomic mass is 19.4. The van der Waals surface area contributed by atoms with Crippen molar-refractivity contribution in [2.45, 2.75) is 51.6 Å². The number of alkyl halides is 3. The van der Waals surface area contributed by atoms with E-state index in [9.17, 15) is 23.1 Å². The zero-order valence-electron chi connectivity index (χ0n) is 16.8. The summed E-state index contributed by atoms with van der Waals surface area (Å²) >= 11 is 0. The molecule has 0 aliphatic heterocycles. The van der Waals surface area contributed by atoms with Gasteiger partial charge < -0.3 is 15.7 Å². The largest absolute Gasteiger partial charge is 0.416 e. The van der Waals surface area contributed by atoms with Gasteiger partial charge in [0.1, 0.15) is 0 Å². The molecule has 0 bridgehead atoms. The molecule has 0 radical (unpaired) electrons. The summed E-state index contributed by atoms with van der Waals surface area (Å²) < 4.78 is 38.7. The Morgan fingerprint density at radius 2 is 1.76 bits per heavy atom. The highest BCUT2D eigenvalue weighted by molar-refractivity contribution is 5.94. The van der Waals surface area contributed by atoms with E-state index in [1.165, 1.54) is 19.1 Å². The van der Waals surface area contributed by atoms with Crippen molar-refractivity contribution in [1.29, 1.82) is 0 Å². The molecule has 1 amide bonds. The van der Waals surface area contributed by atoms with Crippen LogP contribution >= 0.6 is 0 Å². The minimum absolute atomic E-state index is 0.0532. The Morgan fingerprint density at radius 3 is 2.41 bits per heavy atom. The van der Waals surface area contributed by atoms with Crippen molar-refractivity contribution >= 4 is 5.91 Å². The van der Waals surface area contributed by atoms with Gasteiger partial charge >= 0.3 is 6.18 Å². The molecule has 2 rings (SSSR count). The average Bonchev–Trinajstić information content (AvgIpc) is 2.67. The van der Waals surface area contributed by atoms with Crippen LogP contribution in [0.5, 0.6) is 0 Å². The van der Waals surface area contributed by atoms with Crippen LogP contribution in [-0.4, -0.2) is 23.6 Å². The number of hydrogen-bond acceptors (Lipinski definition) is 3. The maximum Gasteiger partial charge on any atom is 0.416 e. The van der Waals surface area contributed by atoms with E-state index in [4.69, 9.17) is 0 Å².